The van der Waals surface area contributed by atoms with Crippen LogP contribution in [-0.2, 0) is 4.74 Å². The minimum absolute atomic E-state index is 0.419. The topological polar surface area (TPSA) is 59.9 Å². The molecule has 0 spiro atoms. The molecule has 0 aromatic heterocycles. The van der Waals surface area contributed by atoms with E-state index < -0.39 is 6.09 Å². The maximum absolute atomic E-state index is 11.7. The minimum Gasteiger partial charge on any atom is -0.476 e. The third kappa shape index (κ3) is 5.10. The smallest absolute Gasteiger partial charge is 0.412 e. The van der Waals surface area contributed by atoms with Gasteiger partial charge in [0.2, 0.25) is 5.90 Å². The molecule has 1 aromatic carbocycles. The fourth-order valence-corrected chi connectivity index (χ4v) is 2.09. The molecule has 0 fully saturated rings. The minimum atomic E-state index is -0.419. The van der Waals surface area contributed by atoms with E-state index in [0.717, 1.165) is 18.4 Å². The van der Waals surface area contributed by atoms with Crippen molar-refractivity contribution in [1.82, 2.24) is 5.32 Å². The monoisotopic (exact) mass is 290 g/mol. The van der Waals surface area contributed by atoms with Crippen LogP contribution >= 0.6 is 0 Å². The fourth-order valence-electron chi connectivity index (χ4n) is 2.09. The predicted octanol–water partition coefficient (Wildman–Crippen LogP) is 3.13. The van der Waals surface area contributed by atoms with E-state index >= 15 is 0 Å². The molecule has 1 aromatic rings. The van der Waals surface area contributed by atoms with Crippen molar-refractivity contribution in [3.63, 3.8) is 0 Å². The molecule has 0 unspecified atom stereocenters. The van der Waals surface area contributed by atoms with E-state index in [9.17, 15) is 4.79 Å². The number of carbonyl (C=O) groups is 1. The lowest BCUT2D eigenvalue weighted by Crippen LogP contribution is -2.27. The van der Waals surface area contributed by atoms with Crippen molar-refractivity contribution in [3.8, 4) is 5.75 Å². The first-order valence-electron chi connectivity index (χ1n) is 7.53. The van der Waals surface area contributed by atoms with E-state index in [4.69, 9.17) is 9.47 Å². The van der Waals surface area contributed by atoms with Gasteiger partial charge in [0.1, 0.15) is 12.4 Å². The third-order valence-corrected chi connectivity index (χ3v) is 3.18. The molecule has 1 aliphatic heterocycles. The number of amides is 1. The molecule has 5 nitrogen and oxygen atoms in total. The molecule has 1 amide bonds. The van der Waals surface area contributed by atoms with Crippen LogP contribution in [0.1, 0.15) is 38.2 Å². The molecule has 0 saturated heterocycles. The van der Waals surface area contributed by atoms with Crippen LogP contribution in [0.5, 0.6) is 5.75 Å². The van der Waals surface area contributed by atoms with Gasteiger partial charge in [-0.3, -0.25) is 0 Å². The van der Waals surface area contributed by atoms with Gasteiger partial charge in [-0.1, -0.05) is 32.3 Å². The van der Waals surface area contributed by atoms with Gasteiger partial charge in [-0.15, -0.1) is 0 Å². The molecule has 2 rings (SSSR count). The fraction of sp³-hybridized carbons (Fsp3) is 0.500. The van der Waals surface area contributed by atoms with Crippen molar-refractivity contribution in [2.45, 2.75) is 32.6 Å². The quantitative estimate of drug-likeness (QED) is 0.785. The number of nitrogens with zero attached hydrogens (tertiary/aromatic N) is 1. The molecule has 1 heterocycles. The summed E-state index contributed by atoms with van der Waals surface area (Å²) in [5.41, 5.74) is 0.834. The number of hydrogen-bond donors (Lipinski definition) is 1. The highest BCUT2D eigenvalue weighted by Gasteiger charge is 2.12. The molecule has 1 aliphatic rings. The standard InChI is InChI=1S/C16H22N2O3/c1-2-3-4-5-9-18-16(19)21-14-8-6-7-13(12-14)15-17-10-11-20-15/h6-8,12H,2-5,9-11H2,1H3,(H,18,19). The Labute approximate surface area is 125 Å². The summed E-state index contributed by atoms with van der Waals surface area (Å²) in [5, 5.41) is 2.76. The van der Waals surface area contributed by atoms with Gasteiger partial charge in [-0.25, -0.2) is 9.79 Å². The van der Waals surface area contributed by atoms with Gasteiger partial charge in [0.15, 0.2) is 0 Å². The molecule has 0 radical (unpaired) electrons. The second kappa shape index (κ2) is 8.29. The van der Waals surface area contributed by atoms with Crippen LogP contribution in [0.2, 0.25) is 0 Å². The van der Waals surface area contributed by atoms with Gasteiger partial charge in [0.25, 0.3) is 0 Å². The summed E-state index contributed by atoms with van der Waals surface area (Å²) in [6.45, 7) is 4.10. The molecular formula is C16H22N2O3. The lowest BCUT2D eigenvalue weighted by Gasteiger charge is -2.08. The molecular weight excluding hydrogens is 268 g/mol. The van der Waals surface area contributed by atoms with Gasteiger partial charge in [0.05, 0.1) is 6.54 Å². The van der Waals surface area contributed by atoms with Crippen LogP contribution in [-0.4, -0.2) is 31.7 Å². The second-order valence-corrected chi connectivity index (χ2v) is 4.94. The molecule has 5 heteroatoms. The number of carbonyl (C=O) groups excluding carboxylic acids is 1. The first-order valence-corrected chi connectivity index (χ1v) is 7.53. The summed E-state index contributed by atoms with van der Waals surface area (Å²) >= 11 is 0. The first-order chi connectivity index (χ1) is 10.3. The predicted molar refractivity (Wildman–Crippen MR) is 82.0 cm³/mol. The van der Waals surface area contributed by atoms with Crippen molar-refractivity contribution in [3.05, 3.63) is 29.8 Å². The lowest BCUT2D eigenvalue weighted by atomic mass is 10.2. The Hall–Kier alpha value is -2.04. The van der Waals surface area contributed by atoms with Gasteiger partial charge >= 0.3 is 6.09 Å². The Morgan fingerprint density at radius 2 is 2.29 bits per heavy atom. The number of hydrogen-bond acceptors (Lipinski definition) is 4. The average Bonchev–Trinajstić information content (AvgIpc) is 3.01. The van der Waals surface area contributed by atoms with E-state index in [-0.39, 0.29) is 0 Å². The third-order valence-electron chi connectivity index (χ3n) is 3.18. The van der Waals surface area contributed by atoms with Crippen molar-refractivity contribution < 1.29 is 14.3 Å². The number of rotatable bonds is 7. The second-order valence-electron chi connectivity index (χ2n) is 4.94. The Morgan fingerprint density at radius 3 is 3.05 bits per heavy atom. The summed E-state index contributed by atoms with van der Waals surface area (Å²) in [6, 6.07) is 7.22. The van der Waals surface area contributed by atoms with Crippen LogP contribution in [0.3, 0.4) is 0 Å². The van der Waals surface area contributed by atoms with Crippen molar-refractivity contribution in [1.29, 1.82) is 0 Å². The Bertz CT molecular complexity index is 500. The Balaban J connectivity index is 1.79. The summed E-state index contributed by atoms with van der Waals surface area (Å²) < 4.78 is 10.7. The average molecular weight is 290 g/mol. The summed E-state index contributed by atoms with van der Waals surface area (Å²) in [5.74, 6) is 1.11. The number of unbranched alkanes of at least 4 members (excludes halogenated alkanes) is 3. The van der Waals surface area contributed by atoms with Gasteiger partial charge in [-0.2, -0.15) is 0 Å². The zero-order chi connectivity index (χ0) is 14.9. The van der Waals surface area contributed by atoms with Crippen LogP contribution in [0.15, 0.2) is 29.3 Å². The van der Waals surface area contributed by atoms with Crippen LogP contribution in [0, 0.1) is 0 Å². The largest absolute Gasteiger partial charge is 0.476 e. The van der Waals surface area contributed by atoms with Crippen LogP contribution in [0.4, 0.5) is 4.79 Å². The normalized spacial score (nSPS) is 13.5. The SMILES string of the molecule is CCCCCCNC(=O)Oc1cccc(C2=NCCO2)c1. The summed E-state index contributed by atoms with van der Waals surface area (Å²) in [7, 11) is 0. The summed E-state index contributed by atoms with van der Waals surface area (Å²) in [4.78, 5) is 15.9. The van der Waals surface area contributed by atoms with E-state index in [1.165, 1.54) is 12.8 Å². The van der Waals surface area contributed by atoms with Crippen molar-refractivity contribution in [2.24, 2.45) is 4.99 Å². The molecule has 0 aliphatic carbocycles. The van der Waals surface area contributed by atoms with E-state index in [1.807, 2.05) is 12.1 Å². The van der Waals surface area contributed by atoms with Crippen LogP contribution in [0.25, 0.3) is 0 Å². The van der Waals surface area contributed by atoms with Gasteiger partial charge < -0.3 is 14.8 Å². The van der Waals surface area contributed by atoms with Crippen LogP contribution < -0.4 is 10.1 Å². The maximum atomic E-state index is 11.7. The Kier molecular flexibility index (Phi) is 6.06. The molecule has 21 heavy (non-hydrogen) atoms. The molecule has 0 saturated carbocycles. The summed E-state index contributed by atoms with van der Waals surface area (Å²) in [6.07, 6.45) is 4.07. The molecule has 1 N–H and O–H groups in total. The number of nitrogens with one attached hydrogen (secondary N) is 1. The molecule has 0 atom stereocenters. The number of ether oxygens (including phenoxy) is 2. The highest BCUT2D eigenvalue weighted by Crippen LogP contribution is 2.16. The first kappa shape index (κ1) is 15.4. The van der Waals surface area contributed by atoms with E-state index in [2.05, 4.69) is 17.2 Å². The van der Waals surface area contributed by atoms with E-state index in [0.29, 0.717) is 31.3 Å². The van der Waals surface area contributed by atoms with Gasteiger partial charge in [-0.05, 0) is 24.6 Å². The van der Waals surface area contributed by atoms with Gasteiger partial charge in [0, 0.05) is 12.1 Å². The highest BCUT2D eigenvalue weighted by molar-refractivity contribution is 5.95. The highest BCUT2D eigenvalue weighted by atomic mass is 16.6. The number of aliphatic imine (C=N–C) groups is 1. The zero-order valence-corrected chi connectivity index (χ0v) is 12.4. The van der Waals surface area contributed by atoms with Crippen molar-refractivity contribution in [2.75, 3.05) is 19.7 Å². The lowest BCUT2D eigenvalue weighted by molar-refractivity contribution is 0.200. The van der Waals surface area contributed by atoms with Crippen molar-refractivity contribution >= 4 is 12.0 Å². The molecule has 114 valence electrons. The van der Waals surface area contributed by atoms with E-state index in [1.54, 1.807) is 12.1 Å². The maximum Gasteiger partial charge on any atom is 0.412 e. The molecule has 0 bridgehead atoms. The number of benzene rings is 1. The Morgan fingerprint density at radius 1 is 1.38 bits per heavy atom. The zero-order valence-electron chi connectivity index (χ0n) is 12.4.